The number of rotatable bonds is 3. The van der Waals surface area contributed by atoms with Crippen LogP contribution in [0.1, 0.15) is 40.3 Å². The van der Waals surface area contributed by atoms with Gasteiger partial charge in [0.2, 0.25) is 5.91 Å². The highest BCUT2D eigenvalue weighted by molar-refractivity contribution is 7.10. The summed E-state index contributed by atoms with van der Waals surface area (Å²) in [5, 5.41) is 2.06. The highest BCUT2D eigenvalue weighted by Crippen LogP contribution is 2.37. The van der Waals surface area contributed by atoms with Crippen LogP contribution in [-0.4, -0.2) is 23.4 Å². The van der Waals surface area contributed by atoms with Gasteiger partial charge in [0, 0.05) is 29.8 Å². The minimum atomic E-state index is -0.842. The Kier molecular flexibility index (Phi) is 4.33. The molecular formula is C19H20F2N2OS. The van der Waals surface area contributed by atoms with E-state index in [1.165, 1.54) is 22.6 Å². The molecule has 1 aliphatic carbocycles. The number of amides is 1. The molecule has 1 amide bonds. The standard InChI is InChI=1S/C19H20F2N2OS/c20-15-7-12-1-2-13(14(12)8-16(15)21)17(22)9-19(24)23-5-3-11-4-6-25-18(11)10-23/h4,6-8,13,17H,1-3,5,9-10,22H2. The molecule has 2 aromatic rings. The summed E-state index contributed by atoms with van der Waals surface area (Å²) in [4.78, 5) is 15.8. The normalized spacial score (nSPS) is 20.3. The molecule has 132 valence electrons. The van der Waals surface area contributed by atoms with Gasteiger partial charge < -0.3 is 10.6 Å². The zero-order valence-corrected chi connectivity index (χ0v) is 14.6. The number of nitrogens with two attached hydrogens (primary N) is 1. The summed E-state index contributed by atoms with van der Waals surface area (Å²) in [5.41, 5.74) is 9.21. The maximum absolute atomic E-state index is 13.6. The van der Waals surface area contributed by atoms with Gasteiger partial charge in [0.05, 0.1) is 6.54 Å². The molecule has 2 heterocycles. The van der Waals surface area contributed by atoms with E-state index in [0.717, 1.165) is 30.5 Å². The third kappa shape index (κ3) is 3.09. The lowest BCUT2D eigenvalue weighted by atomic mass is 9.91. The summed E-state index contributed by atoms with van der Waals surface area (Å²) in [6.45, 7) is 1.37. The number of hydrogen-bond acceptors (Lipinski definition) is 3. The van der Waals surface area contributed by atoms with Crippen molar-refractivity contribution in [1.82, 2.24) is 4.90 Å². The van der Waals surface area contributed by atoms with Crippen molar-refractivity contribution in [2.45, 2.75) is 44.2 Å². The van der Waals surface area contributed by atoms with Gasteiger partial charge in [-0.1, -0.05) is 0 Å². The fourth-order valence-electron chi connectivity index (χ4n) is 4.00. The van der Waals surface area contributed by atoms with E-state index >= 15 is 0 Å². The Balaban J connectivity index is 1.44. The molecule has 3 nitrogen and oxygen atoms in total. The average Bonchev–Trinajstić information content (AvgIpc) is 3.21. The van der Waals surface area contributed by atoms with Crippen molar-refractivity contribution in [3.63, 3.8) is 0 Å². The fourth-order valence-corrected chi connectivity index (χ4v) is 4.95. The van der Waals surface area contributed by atoms with E-state index in [-0.39, 0.29) is 24.3 Å². The van der Waals surface area contributed by atoms with Gasteiger partial charge in [-0.15, -0.1) is 11.3 Å². The molecule has 0 fully saturated rings. The summed E-state index contributed by atoms with van der Waals surface area (Å²) in [6, 6.07) is 4.27. The number of hydrogen-bond donors (Lipinski definition) is 1. The topological polar surface area (TPSA) is 46.3 Å². The van der Waals surface area contributed by atoms with Crippen LogP contribution in [0, 0.1) is 11.6 Å². The van der Waals surface area contributed by atoms with Crippen LogP contribution in [0.2, 0.25) is 0 Å². The van der Waals surface area contributed by atoms with Gasteiger partial charge in [-0.25, -0.2) is 8.78 Å². The van der Waals surface area contributed by atoms with Crippen molar-refractivity contribution in [2.24, 2.45) is 5.73 Å². The Hall–Kier alpha value is -1.79. The molecule has 25 heavy (non-hydrogen) atoms. The highest BCUT2D eigenvalue weighted by atomic mass is 32.1. The summed E-state index contributed by atoms with van der Waals surface area (Å²) >= 11 is 1.68. The van der Waals surface area contributed by atoms with Crippen molar-refractivity contribution in [3.8, 4) is 0 Å². The molecule has 0 bridgehead atoms. The number of nitrogens with zero attached hydrogens (tertiary/aromatic N) is 1. The first kappa shape index (κ1) is 16.7. The predicted octanol–water partition coefficient (Wildman–Crippen LogP) is 3.36. The van der Waals surface area contributed by atoms with Gasteiger partial charge in [-0.2, -0.15) is 0 Å². The Morgan fingerprint density at radius 1 is 1.28 bits per heavy atom. The number of fused-ring (bicyclic) bond motifs is 2. The summed E-state index contributed by atoms with van der Waals surface area (Å²) in [7, 11) is 0. The molecule has 0 saturated heterocycles. The van der Waals surface area contributed by atoms with E-state index in [2.05, 4.69) is 11.4 Å². The fraction of sp³-hybridized carbons (Fsp3) is 0.421. The molecule has 1 aromatic heterocycles. The largest absolute Gasteiger partial charge is 0.337 e. The highest BCUT2D eigenvalue weighted by Gasteiger charge is 2.32. The van der Waals surface area contributed by atoms with E-state index in [1.807, 2.05) is 4.90 Å². The predicted molar refractivity (Wildman–Crippen MR) is 93.5 cm³/mol. The SMILES string of the molecule is NC(CC(=O)N1CCc2ccsc2C1)C1CCc2cc(F)c(F)cc21. The summed E-state index contributed by atoms with van der Waals surface area (Å²) < 4.78 is 27.0. The van der Waals surface area contributed by atoms with Crippen molar-refractivity contribution < 1.29 is 13.6 Å². The molecule has 2 unspecified atom stereocenters. The third-order valence-electron chi connectivity index (χ3n) is 5.41. The molecule has 0 saturated carbocycles. The third-order valence-corrected chi connectivity index (χ3v) is 6.36. The first-order valence-corrected chi connectivity index (χ1v) is 9.47. The van der Waals surface area contributed by atoms with Gasteiger partial charge in [-0.3, -0.25) is 4.79 Å². The molecule has 2 atom stereocenters. The second-order valence-electron chi connectivity index (χ2n) is 6.91. The number of thiophene rings is 1. The van der Waals surface area contributed by atoms with Crippen LogP contribution in [0.15, 0.2) is 23.6 Å². The molecule has 4 rings (SSSR count). The Morgan fingerprint density at radius 2 is 2.08 bits per heavy atom. The molecule has 0 radical (unpaired) electrons. The van der Waals surface area contributed by atoms with Gasteiger partial charge in [0.25, 0.3) is 0 Å². The van der Waals surface area contributed by atoms with E-state index in [1.54, 1.807) is 11.3 Å². The molecule has 1 aliphatic heterocycles. The van der Waals surface area contributed by atoms with Crippen LogP contribution in [0.4, 0.5) is 8.78 Å². The minimum absolute atomic E-state index is 0.0441. The van der Waals surface area contributed by atoms with Gasteiger partial charge in [0.15, 0.2) is 11.6 Å². The zero-order chi connectivity index (χ0) is 17.6. The Morgan fingerprint density at radius 3 is 2.92 bits per heavy atom. The van der Waals surface area contributed by atoms with Gasteiger partial charge in [0.1, 0.15) is 0 Å². The lowest BCUT2D eigenvalue weighted by Crippen LogP contribution is -2.40. The number of aryl methyl sites for hydroxylation is 1. The molecule has 2 aliphatic rings. The second kappa shape index (κ2) is 6.50. The van der Waals surface area contributed by atoms with Crippen LogP contribution in [0.5, 0.6) is 0 Å². The maximum Gasteiger partial charge on any atom is 0.224 e. The van der Waals surface area contributed by atoms with Gasteiger partial charge >= 0.3 is 0 Å². The van der Waals surface area contributed by atoms with Crippen LogP contribution in [0.25, 0.3) is 0 Å². The van der Waals surface area contributed by atoms with Crippen molar-refractivity contribution in [1.29, 1.82) is 0 Å². The number of halogens is 2. The summed E-state index contributed by atoms with van der Waals surface area (Å²) in [5.74, 6) is -1.70. The lowest BCUT2D eigenvalue weighted by Gasteiger charge is -2.29. The number of carbonyl (C=O) groups excluding carboxylic acids is 1. The zero-order valence-electron chi connectivity index (χ0n) is 13.8. The van der Waals surface area contributed by atoms with Crippen LogP contribution >= 0.6 is 11.3 Å². The van der Waals surface area contributed by atoms with Crippen LogP contribution in [0.3, 0.4) is 0 Å². The van der Waals surface area contributed by atoms with Crippen molar-refractivity contribution in [2.75, 3.05) is 6.54 Å². The molecular weight excluding hydrogens is 342 g/mol. The van der Waals surface area contributed by atoms with E-state index in [0.29, 0.717) is 13.0 Å². The van der Waals surface area contributed by atoms with Crippen LogP contribution in [-0.2, 0) is 24.2 Å². The van der Waals surface area contributed by atoms with E-state index in [4.69, 9.17) is 5.73 Å². The van der Waals surface area contributed by atoms with E-state index < -0.39 is 11.6 Å². The van der Waals surface area contributed by atoms with Crippen molar-refractivity contribution in [3.05, 3.63) is 56.8 Å². The van der Waals surface area contributed by atoms with E-state index in [9.17, 15) is 13.6 Å². The minimum Gasteiger partial charge on any atom is -0.337 e. The van der Waals surface area contributed by atoms with Crippen molar-refractivity contribution >= 4 is 17.2 Å². The second-order valence-corrected chi connectivity index (χ2v) is 7.91. The smallest absolute Gasteiger partial charge is 0.224 e. The first-order valence-electron chi connectivity index (χ1n) is 8.59. The average molecular weight is 362 g/mol. The maximum atomic E-state index is 13.6. The first-order chi connectivity index (χ1) is 12.0. The quantitative estimate of drug-likeness (QED) is 0.910. The molecule has 1 aromatic carbocycles. The molecule has 2 N–H and O–H groups in total. The number of carbonyl (C=O) groups is 1. The monoisotopic (exact) mass is 362 g/mol. The molecule has 6 heteroatoms. The lowest BCUT2D eigenvalue weighted by molar-refractivity contribution is -0.132. The van der Waals surface area contributed by atoms with Gasteiger partial charge in [-0.05, 0) is 59.5 Å². The Labute approximate surface area is 149 Å². The number of benzene rings is 1. The molecule has 0 spiro atoms. The van der Waals surface area contributed by atoms with Crippen LogP contribution < -0.4 is 5.73 Å². The Bertz CT molecular complexity index is 820. The summed E-state index contributed by atoms with van der Waals surface area (Å²) in [6.07, 6.45) is 2.55.